The fourth-order valence-corrected chi connectivity index (χ4v) is 2.30. The van der Waals surface area contributed by atoms with E-state index in [2.05, 4.69) is 35.6 Å². The minimum Gasteiger partial charge on any atom is -0.481 e. The first-order valence-electron chi connectivity index (χ1n) is 6.49. The van der Waals surface area contributed by atoms with Gasteiger partial charge in [0.15, 0.2) is 0 Å². The Hall–Kier alpha value is -1.49. The Morgan fingerprint density at radius 3 is 2.42 bits per heavy atom. The summed E-state index contributed by atoms with van der Waals surface area (Å²) < 4.78 is 0. The normalized spacial score (nSPS) is 13.6. The third-order valence-electron chi connectivity index (χ3n) is 3.21. The summed E-state index contributed by atoms with van der Waals surface area (Å²) in [5.74, 6) is -0.780. The molecule has 0 aliphatic carbocycles. The third kappa shape index (κ3) is 4.28. The van der Waals surface area contributed by atoms with Crippen molar-refractivity contribution in [3.05, 3.63) is 23.8 Å². The van der Waals surface area contributed by atoms with Crippen molar-refractivity contribution in [1.29, 1.82) is 0 Å². The molecule has 19 heavy (non-hydrogen) atoms. The second-order valence-electron chi connectivity index (χ2n) is 5.71. The van der Waals surface area contributed by atoms with Gasteiger partial charge in [0.2, 0.25) is 0 Å². The summed E-state index contributed by atoms with van der Waals surface area (Å²) in [6.07, 6.45) is 3.47. The number of aromatic nitrogens is 2. The molecule has 0 bridgehead atoms. The maximum absolute atomic E-state index is 10.8. The van der Waals surface area contributed by atoms with Gasteiger partial charge < -0.3 is 5.11 Å². The van der Waals surface area contributed by atoms with Crippen LogP contribution in [0.15, 0.2) is 12.4 Å². The van der Waals surface area contributed by atoms with E-state index in [1.165, 1.54) is 0 Å². The molecule has 5 nitrogen and oxygen atoms in total. The Morgan fingerprint density at radius 1 is 1.37 bits per heavy atom. The predicted octanol–water partition coefficient (Wildman–Crippen LogP) is 2.42. The number of aliphatic carboxylic acids is 1. The Bertz CT molecular complexity index is 441. The van der Waals surface area contributed by atoms with Gasteiger partial charge in [-0.05, 0) is 34.6 Å². The number of carboxylic acid groups (broad SMARTS) is 1. The standard InChI is InChI=1S/C14H23N3O2/c1-10-13(16-8-7-15-10)11(2)17(14(3,4)5)9-6-12(18)19/h7-8,11H,6,9H2,1-5H3,(H,18,19). The maximum atomic E-state index is 10.8. The molecule has 0 aliphatic heterocycles. The van der Waals surface area contributed by atoms with Crippen LogP contribution in [-0.2, 0) is 4.79 Å². The Kier molecular flexibility index (Phi) is 5.00. The van der Waals surface area contributed by atoms with Crippen LogP contribution in [0, 0.1) is 6.92 Å². The molecule has 0 saturated carbocycles. The lowest BCUT2D eigenvalue weighted by molar-refractivity contribution is -0.137. The lowest BCUT2D eigenvalue weighted by Gasteiger charge is -2.40. The molecular formula is C14H23N3O2. The number of hydrogen-bond donors (Lipinski definition) is 1. The number of nitrogens with zero attached hydrogens (tertiary/aromatic N) is 3. The van der Waals surface area contributed by atoms with Crippen molar-refractivity contribution in [3.8, 4) is 0 Å². The molecule has 1 aromatic rings. The molecule has 5 heteroatoms. The minimum absolute atomic E-state index is 0.0352. The van der Waals surface area contributed by atoms with Gasteiger partial charge in [-0.3, -0.25) is 19.7 Å². The highest BCUT2D eigenvalue weighted by Crippen LogP contribution is 2.27. The first kappa shape index (κ1) is 15.6. The van der Waals surface area contributed by atoms with Gasteiger partial charge in [0.25, 0.3) is 0 Å². The Morgan fingerprint density at radius 2 is 1.95 bits per heavy atom. The zero-order valence-electron chi connectivity index (χ0n) is 12.3. The lowest BCUT2D eigenvalue weighted by Crippen LogP contribution is -2.44. The summed E-state index contributed by atoms with van der Waals surface area (Å²) in [5.41, 5.74) is 1.67. The SMILES string of the molecule is Cc1nccnc1C(C)N(CCC(=O)O)C(C)(C)C. The van der Waals surface area contributed by atoms with Crippen LogP contribution in [0.4, 0.5) is 0 Å². The largest absolute Gasteiger partial charge is 0.481 e. The summed E-state index contributed by atoms with van der Waals surface area (Å²) in [4.78, 5) is 21.6. The number of carboxylic acids is 1. The fraction of sp³-hybridized carbons (Fsp3) is 0.643. The quantitative estimate of drug-likeness (QED) is 0.885. The lowest BCUT2D eigenvalue weighted by atomic mass is 10.0. The zero-order valence-corrected chi connectivity index (χ0v) is 12.3. The number of carbonyl (C=O) groups is 1. The van der Waals surface area contributed by atoms with Gasteiger partial charge in [-0.2, -0.15) is 0 Å². The molecule has 1 rings (SSSR count). The van der Waals surface area contributed by atoms with Crippen LogP contribution < -0.4 is 0 Å². The van der Waals surface area contributed by atoms with Gasteiger partial charge in [-0.25, -0.2) is 0 Å². The molecule has 1 N–H and O–H groups in total. The van der Waals surface area contributed by atoms with Gasteiger partial charge in [0, 0.05) is 24.5 Å². The van der Waals surface area contributed by atoms with Crippen LogP contribution in [0.25, 0.3) is 0 Å². The molecule has 1 aromatic heterocycles. The fourth-order valence-electron chi connectivity index (χ4n) is 2.30. The summed E-state index contributed by atoms with van der Waals surface area (Å²) >= 11 is 0. The van der Waals surface area contributed by atoms with Crippen LogP contribution in [0.2, 0.25) is 0 Å². The first-order chi connectivity index (χ1) is 8.73. The molecule has 0 fully saturated rings. The Labute approximate surface area is 114 Å². The molecule has 1 unspecified atom stereocenters. The van der Waals surface area contributed by atoms with E-state index in [1.54, 1.807) is 12.4 Å². The number of rotatable bonds is 5. The average Bonchev–Trinajstić information content (AvgIpc) is 2.27. The number of aryl methyl sites for hydroxylation is 1. The molecule has 1 atom stereocenters. The van der Waals surface area contributed by atoms with Crippen LogP contribution >= 0.6 is 0 Å². The van der Waals surface area contributed by atoms with Gasteiger partial charge >= 0.3 is 5.97 Å². The highest BCUT2D eigenvalue weighted by molar-refractivity contribution is 5.66. The third-order valence-corrected chi connectivity index (χ3v) is 3.21. The predicted molar refractivity (Wildman–Crippen MR) is 73.9 cm³/mol. The summed E-state index contributed by atoms with van der Waals surface area (Å²) in [7, 11) is 0. The maximum Gasteiger partial charge on any atom is 0.304 e. The van der Waals surface area contributed by atoms with Crippen LogP contribution in [0.5, 0.6) is 0 Å². The second-order valence-corrected chi connectivity index (χ2v) is 5.71. The molecule has 0 amide bonds. The van der Waals surface area contributed by atoms with Crippen LogP contribution in [0.1, 0.15) is 51.5 Å². The minimum atomic E-state index is -0.780. The molecule has 106 valence electrons. The van der Waals surface area contributed by atoms with E-state index in [0.29, 0.717) is 6.54 Å². The van der Waals surface area contributed by atoms with Crippen molar-refractivity contribution in [2.24, 2.45) is 0 Å². The topological polar surface area (TPSA) is 66.3 Å². The molecule has 0 radical (unpaired) electrons. The van der Waals surface area contributed by atoms with Crippen LogP contribution in [-0.4, -0.2) is 38.0 Å². The molecule has 0 aliphatic rings. The van der Waals surface area contributed by atoms with E-state index in [1.807, 2.05) is 13.8 Å². The molecule has 0 saturated heterocycles. The van der Waals surface area contributed by atoms with Gasteiger partial charge in [0.1, 0.15) is 0 Å². The van der Waals surface area contributed by atoms with Gasteiger partial charge in [0.05, 0.1) is 23.9 Å². The molecule has 1 heterocycles. The van der Waals surface area contributed by atoms with Crippen LogP contribution in [0.3, 0.4) is 0 Å². The van der Waals surface area contributed by atoms with Crippen molar-refractivity contribution in [2.75, 3.05) is 6.54 Å². The van der Waals surface area contributed by atoms with Crippen molar-refractivity contribution >= 4 is 5.97 Å². The van der Waals surface area contributed by atoms with E-state index in [4.69, 9.17) is 5.11 Å². The van der Waals surface area contributed by atoms with E-state index >= 15 is 0 Å². The smallest absolute Gasteiger partial charge is 0.304 e. The average molecular weight is 265 g/mol. The highest BCUT2D eigenvalue weighted by Gasteiger charge is 2.29. The van der Waals surface area contributed by atoms with E-state index in [0.717, 1.165) is 11.4 Å². The summed E-state index contributed by atoms with van der Waals surface area (Å²) in [5, 5.41) is 8.88. The second kappa shape index (κ2) is 6.10. The summed E-state index contributed by atoms with van der Waals surface area (Å²) in [6, 6.07) is 0.0352. The molecule has 0 spiro atoms. The van der Waals surface area contributed by atoms with Crippen molar-refractivity contribution in [2.45, 2.75) is 52.6 Å². The molecule has 0 aromatic carbocycles. The summed E-state index contributed by atoms with van der Waals surface area (Å²) in [6.45, 7) is 10.7. The first-order valence-corrected chi connectivity index (χ1v) is 6.49. The highest BCUT2D eigenvalue weighted by atomic mass is 16.4. The Balaban J connectivity index is 2.98. The molecular weight excluding hydrogens is 242 g/mol. The van der Waals surface area contributed by atoms with E-state index < -0.39 is 5.97 Å². The van der Waals surface area contributed by atoms with Crippen molar-refractivity contribution in [1.82, 2.24) is 14.9 Å². The zero-order chi connectivity index (χ0) is 14.6. The number of hydrogen-bond acceptors (Lipinski definition) is 4. The van der Waals surface area contributed by atoms with Crippen molar-refractivity contribution in [3.63, 3.8) is 0 Å². The van der Waals surface area contributed by atoms with Gasteiger partial charge in [-0.15, -0.1) is 0 Å². The van der Waals surface area contributed by atoms with E-state index in [9.17, 15) is 4.79 Å². The van der Waals surface area contributed by atoms with E-state index in [-0.39, 0.29) is 18.0 Å². The van der Waals surface area contributed by atoms with Gasteiger partial charge in [-0.1, -0.05) is 0 Å². The van der Waals surface area contributed by atoms with Crippen molar-refractivity contribution < 1.29 is 9.90 Å². The monoisotopic (exact) mass is 265 g/mol.